The van der Waals surface area contributed by atoms with E-state index in [4.69, 9.17) is 10.5 Å². The monoisotopic (exact) mass is 305 g/mol. The number of hydrogen-bond donors (Lipinski definition) is 2. The molecular formula is C16H23N3O3. The number of rotatable bonds is 5. The van der Waals surface area contributed by atoms with Crippen molar-refractivity contribution in [2.24, 2.45) is 5.73 Å². The molecule has 0 spiro atoms. The second-order valence-electron chi connectivity index (χ2n) is 5.37. The lowest BCUT2D eigenvalue weighted by molar-refractivity contribution is -0.117. The van der Waals surface area contributed by atoms with Gasteiger partial charge in [-0.2, -0.15) is 0 Å². The number of amides is 2. The number of anilines is 1. The van der Waals surface area contributed by atoms with Gasteiger partial charge in [0, 0.05) is 24.3 Å². The van der Waals surface area contributed by atoms with Crippen LogP contribution in [0.25, 0.3) is 0 Å². The third-order valence-corrected chi connectivity index (χ3v) is 3.61. The summed E-state index contributed by atoms with van der Waals surface area (Å²) in [5.74, 6) is -0.268. The smallest absolute Gasteiger partial charge is 0.254 e. The topological polar surface area (TPSA) is 84.7 Å². The van der Waals surface area contributed by atoms with Gasteiger partial charge in [-0.05, 0) is 24.6 Å². The zero-order valence-corrected chi connectivity index (χ0v) is 12.9. The normalized spacial score (nSPS) is 16.2. The van der Waals surface area contributed by atoms with Gasteiger partial charge in [-0.25, -0.2) is 0 Å². The molecule has 1 aliphatic rings. The maximum Gasteiger partial charge on any atom is 0.254 e. The van der Waals surface area contributed by atoms with Crippen molar-refractivity contribution in [3.05, 3.63) is 29.8 Å². The molecule has 1 saturated heterocycles. The van der Waals surface area contributed by atoms with Crippen molar-refractivity contribution in [2.75, 3.05) is 31.6 Å². The summed E-state index contributed by atoms with van der Waals surface area (Å²) in [7, 11) is 0. The fraction of sp³-hybridized carbons (Fsp3) is 0.500. The highest BCUT2D eigenvalue weighted by molar-refractivity contribution is 5.98. The number of nitrogens with one attached hydrogen (secondary N) is 1. The molecule has 22 heavy (non-hydrogen) atoms. The lowest BCUT2D eigenvalue weighted by Gasteiger charge is -2.27. The van der Waals surface area contributed by atoms with Crippen molar-refractivity contribution < 1.29 is 14.3 Å². The molecule has 6 nitrogen and oxygen atoms in total. The molecule has 0 bridgehead atoms. The Morgan fingerprint density at radius 2 is 2.09 bits per heavy atom. The molecule has 0 radical (unpaired) electrons. The summed E-state index contributed by atoms with van der Waals surface area (Å²) < 4.78 is 5.25. The second-order valence-corrected chi connectivity index (χ2v) is 5.37. The predicted molar refractivity (Wildman–Crippen MR) is 84.7 cm³/mol. The zero-order valence-electron chi connectivity index (χ0n) is 12.9. The van der Waals surface area contributed by atoms with Crippen LogP contribution in [-0.2, 0) is 9.53 Å². The van der Waals surface area contributed by atoms with Crippen LogP contribution in [0, 0.1) is 0 Å². The lowest BCUT2D eigenvalue weighted by Crippen LogP contribution is -2.40. The first-order valence-electron chi connectivity index (χ1n) is 7.65. The SMILES string of the molecule is CCCC(N)C(=O)Nc1cccc(C(=O)N2CCOCC2)c1. The molecule has 1 atom stereocenters. The summed E-state index contributed by atoms with van der Waals surface area (Å²) >= 11 is 0. The first-order chi connectivity index (χ1) is 10.6. The third-order valence-electron chi connectivity index (χ3n) is 3.61. The largest absolute Gasteiger partial charge is 0.378 e. The van der Waals surface area contributed by atoms with E-state index in [0.717, 1.165) is 6.42 Å². The number of nitrogens with two attached hydrogens (primary N) is 1. The maximum atomic E-state index is 12.4. The molecule has 1 fully saturated rings. The van der Waals surface area contributed by atoms with E-state index in [2.05, 4.69) is 5.32 Å². The van der Waals surface area contributed by atoms with Gasteiger partial charge in [0.2, 0.25) is 5.91 Å². The average Bonchev–Trinajstić information content (AvgIpc) is 2.55. The van der Waals surface area contributed by atoms with E-state index < -0.39 is 6.04 Å². The quantitative estimate of drug-likeness (QED) is 0.857. The Bertz CT molecular complexity index is 527. The maximum absolute atomic E-state index is 12.4. The Balaban J connectivity index is 2.03. The van der Waals surface area contributed by atoms with Crippen LogP contribution < -0.4 is 11.1 Å². The third kappa shape index (κ3) is 4.29. The molecule has 1 aliphatic heterocycles. The van der Waals surface area contributed by atoms with Gasteiger partial charge in [0.1, 0.15) is 0 Å². The molecule has 2 amide bonds. The minimum Gasteiger partial charge on any atom is -0.378 e. The van der Waals surface area contributed by atoms with Crippen LogP contribution in [0.1, 0.15) is 30.1 Å². The predicted octanol–water partition coefficient (Wildman–Crippen LogP) is 1.22. The average molecular weight is 305 g/mol. The Morgan fingerprint density at radius 3 is 2.77 bits per heavy atom. The zero-order chi connectivity index (χ0) is 15.9. The molecule has 1 unspecified atom stereocenters. The minimum atomic E-state index is -0.524. The molecule has 1 aromatic carbocycles. The molecular weight excluding hydrogens is 282 g/mol. The molecule has 120 valence electrons. The van der Waals surface area contributed by atoms with Gasteiger partial charge in [0.15, 0.2) is 0 Å². The number of benzene rings is 1. The molecule has 0 aliphatic carbocycles. The molecule has 0 aromatic heterocycles. The van der Waals surface area contributed by atoms with E-state index in [1.807, 2.05) is 6.92 Å². The Kier molecular flexibility index (Phi) is 5.91. The van der Waals surface area contributed by atoms with Crippen molar-refractivity contribution in [2.45, 2.75) is 25.8 Å². The Labute approximate surface area is 130 Å². The number of ether oxygens (including phenoxy) is 1. The summed E-state index contributed by atoms with van der Waals surface area (Å²) in [6.45, 7) is 4.30. The Hall–Kier alpha value is -1.92. The molecule has 3 N–H and O–H groups in total. The first-order valence-corrected chi connectivity index (χ1v) is 7.65. The van der Waals surface area contributed by atoms with E-state index in [1.165, 1.54) is 0 Å². The van der Waals surface area contributed by atoms with E-state index in [0.29, 0.717) is 44.0 Å². The fourth-order valence-corrected chi connectivity index (χ4v) is 2.36. The Morgan fingerprint density at radius 1 is 1.36 bits per heavy atom. The van der Waals surface area contributed by atoms with Gasteiger partial charge in [0.25, 0.3) is 5.91 Å². The van der Waals surface area contributed by atoms with Gasteiger partial charge in [-0.15, -0.1) is 0 Å². The number of carbonyl (C=O) groups is 2. The number of morpholine rings is 1. The first kappa shape index (κ1) is 16.5. The van der Waals surface area contributed by atoms with Gasteiger partial charge >= 0.3 is 0 Å². The van der Waals surface area contributed by atoms with E-state index in [-0.39, 0.29) is 11.8 Å². The number of hydrogen-bond acceptors (Lipinski definition) is 4. The van der Waals surface area contributed by atoms with Crippen LogP contribution in [0.4, 0.5) is 5.69 Å². The van der Waals surface area contributed by atoms with E-state index >= 15 is 0 Å². The van der Waals surface area contributed by atoms with Crippen molar-refractivity contribution in [3.63, 3.8) is 0 Å². The standard InChI is InChI=1S/C16H23N3O3/c1-2-4-14(17)15(20)18-13-6-3-5-12(11-13)16(21)19-7-9-22-10-8-19/h3,5-6,11,14H,2,4,7-10,17H2,1H3,(H,18,20). The minimum absolute atomic E-state index is 0.0442. The number of carbonyl (C=O) groups excluding carboxylic acids is 2. The van der Waals surface area contributed by atoms with Crippen LogP contribution in [0.15, 0.2) is 24.3 Å². The summed E-state index contributed by atoms with van der Waals surface area (Å²) in [6.07, 6.45) is 1.49. The van der Waals surface area contributed by atoms with Crippen LogP contribution in [-0.4, -0.2) is 49.1 Å². The molecule has 0 saturated carbocycles. The van der Waals surface area contributed by atoms with E-state index in [1.54, 1.807) is 29.2 Å². The summed E-state index contributed by atoms with van der Waals surface area (Å²) in [5, 5.41) is 2.77. The number of nitrogens with zero attached hydrogens (tertiary/aromatic N) is 1. The van der Waals surface area contributed by atoms with Crippen molar-refractivity contribution >= 4 is 17.5 Å². The van der Waals surface area contributed by atoms with Crippen molar-refractivity contribution in [3.8, 4) is 0 Å². The van der Waals surface area contributed by atoms with Gasteiger partial charge in [-0.3, -0.25) is 9.59 Å². The van der Waals surface area contributed by atoms with Crippen LogP contribution in [0.5, 0.6) is 0 Å². The summed E-state index contributed by atoms with van der Waals surface area (Å²) in [6, 6.07) is 6.43. The molecule has 2 rings (SSSR count). The summed E-state index contributed by atoms with van der Waals surface area (Å²) in [5.41, 5.74) is 6.94. The summed E-state index contributed by atoms with van der Waals surface area (Å²) in [4.78, 5) is 26.1. The van der Waals surface area contributed by atoms with Crippen LogP contribution in [0.2, 0.25) is 0 Å². The van der Waals surface area contributed by atoms with Crippen LogP contribution >= 0.6 is 0 Å². The highest BCUT2D eigenvalue weighted by atomic mass is 16.5. The van der Waals surface area contributed by atoms with Crippen molar-refractivity contribution in [1.82, 2.24) is 4.90 Å². The highest BCUT2D eigenvalue weighted by Crippen LogP contribution is 2.14. The lowest BCUT2D eigenvalue weighted by atomic mass is 10.1. The van der Waals surface area contributed by atoms with Crippen molar-refractivity contribution in [1.29, 1.82) is 0 Å². The fourth-order valence-electron chi connectivity index (χ4n) is 2.36. The molecule has 1 heterocycles. The van der Waals surface area contributed by atoms with Gasteiger partial charge < -0.3 is 20.7 Å². The van der Waals surface area contributed by atoms with Crippen LogP contribution in [0.3, 0.4) is 0 Å². The van der Waals surface area contributed by atoms with Gasteiger partial charge in [0.05, 0.1) is 19.3 Å². The molecule has 1 aromatic rings. The molecule has 6 heteroatoms. The van der Waals surface area contributed by atoms with Gasteiger partial charge in [-0.1, -0.05) is 19.4 Å². The van der Waals surface area contributed by atoms with E-state index in [9.17, 15) is 9.59 Å². The highest BCUT2D eigenvalue weighted by Gasteiger charge is 2.19. The second kappa shape index (κ2) is 7.91.